The van der Waals surface area contributed by atoms with E-state index in [1.165, 1.54) is 0 Å². The normalized spacial score (nSPS) is 16.1. The van der Waals surface area contributed by atoms with Gasteiger partial charge in [-0.15, -0.1) is 0 Å². The van der Waals surface area contributed by atoms with Crippen molar-refractivity contribution in [1.29, 1.82) is 0 Å². The Balaban J connectivity index is 1.73. The number of para-hydroxylation sites is 1. The van der Waals surface area contributed by atoms with Crippen LogP contribution in [0.2, 0.25) is 0 Å². The molecule has 112 valence electrons. The van der Waals surface area contributed by atoms with E-state index in [1.807, 2.05) is 43.1 Å². The third kappa shape index (κ3) is 3.00. The zero-order chi connectivity index (χ0) is 14.8. The zero-order valence-corrected chi connectivity index (χ0v) is 12.4. The highest BCUT2D eigenvalue weighted by Gasteiger charge is 2.21. The molecule has 21 heavy (non-hydrogen) atoms. The topological polar surface area (TPSA) is 54.6 Å². The number of Topliss-reactive ketones (excluding diaryl/α,β-unsaturated/α-hetero) is 1. The number of fused-ring (bicyclic) bond motifs is 1. The molecule has 1 aromatic carbocycles. The van der Waals surface area contributed by atoms with E-state index in [1.54, 1.807) is 0 Å². The minimum absolute atomic E-state index is 0.116. The number of ketones is 1. The predicted molar refractivity (Wildman–Crippen MR) is 80.6 cm³/mol. The fourth-order valence-electron chi connectivity index (χ4n) is 2.79. The number of hydrogen-bond donors (Lipinski definition) is 1. The molecule has 1 N–H and O–H groups in total. The molecule has 0 aliphatic carbocycles. The maximum Gasteiger partial charge on any atom is 0.179 e. The average Bonchev–Trinajstić information content (AvgIpc) is 3.04. The molecule has 1 aliphatic rings. The number of carbonyl (C=O) groups excluding carboxylic acids is 1. The van der Waals surface area contributed by atoms with Gasteiger partial charge >= 0.3 is 0 Å². The van der Waals surface area contributed by atoms with Gasteiger partial charge in [0, 0.05) is 28.7 Å². The molecule has 1 fully saturated rings. The summed E-state index contributed by atoms with van der Waals surface area (Å²) in [7, 11) is 1.91. The van der Waals surface area contributed by atoms with Crippen molar-refractivity contribution in [2.24, 2.45) is 0 Å². The highest BCUT2D eigenvalue weighted by molar-refractivity contribution is 6.10. The van der Waals surface area contributed by atoms with E-state index in [4.69, 9.17) is 9.47 Å². The number of carbonyl (C=O) groups is 1. The van der Waals surface area contributed by atoms with Crippen LogP contribution in [-0.4, -0.2) is 55.3 Å². The van der Waals surface area contributed by atoms with Gasteiger partial charge in [0.05, 0.1) is 19.8 Å². The summed E-state index contributed by atoms with van der Waals surface area (Å²) in [6.45, 7) is 4.16. The Bertz CT molecular complexity index is 644. The number of nitrogens with zero attached hydrogens (tertiary/aromatic N) is 1. The lowest BCUT2D eigenvalue weighted by atomic mass is 10.1. The number of ether oxygens (including phenoxy) is 2. The van der Waals surface area contributed by atoms with Crippen LogP contribution < -0.4 is 0 Å². The van der Waals surface area contributed by atoms with E-state index in [0.717, 1.165) is 22.2 Å². The molecule has 0 saturated carbocycles. The number of likely N-dealkylation sites (N-methyl/N-ethyl adjacent to an activating group) is 1. The summed E-state index contributed by atoms with van der Waals surface area (Å²) in [5, 5.41) is 0.988. The van der Waals surface area contributed by atoms with E-state index < -0.39 is 0 Å². The lowest BCUT2D eigenvalue weighted by molar-refractivity contribution is -0.0569. The average molecular weight is 288 g/mol. The number of aromatic amines is 1. The van der Waals surface area contributed by atoms with E-state index in [2.05, 4.69) is 4.98 Å². The molecule has 2 heterocycles. The summed E-state index contributed by atoms with van der Waals surface area (Å²) < 4.78 is 10.8. The highest BCUT2D eigenvalue weighted by atomic mass is 16.7. The molecule has 1 saturated heterocycles. The SMILES string of the molecule is Cc1[nH]c2ccccc2c1C(=O)CN(C)CC1OCCO1. The first-order valence-electron chi connectivity index (χ1n) is 7.17. The van der Waals surface area contributed by atoms with Crippen molar-refractivity contribution < 1.29 is 14.3 Å². The zero-order valence-electron chi connectivity index (χ0n) is 12.4. The lowest BCUT2D eigenvalue weighted by Gasteiger charge is -2.19. The van der Waals surface area contributed by atoms with Crippen LogP contribution in [0.15, 0.2) is 24.3 Å². The van der Waals surface area contributed by atoms with Crippen LogP contribution in [0.3, 0.4) is 0 Å². The quantitative estimate of drug-likeness (QED) is 0.855. The van der Waals surface area contributed by atoms with Crippen LogP contribution in [0, 0.1) is 6.92 Å². The summed E-state index contributed by atoms with van der Waals surface area (Å²) in [6, 6.07) is 7.89. The maximum absolute atomic E-state index is 12.6. The molecule has 0 radical (unpaired) electrons. The van der Waals surface area contributed by atoms with Crippen molar-refractivity contribution in [3.05, 3.63) is 35.5 Å². The number of benzene rings is 1. The molecule has 2 aromatic rings. The molecule has 0 bridgehead atoms. The molecule has 0 atom stereocenters. The van der Waals surface area contributed by atoms with Crippen molar-refractivity contribution in [2.45, 2.75) is 13.2 Å². The number of hydrogen-bond acceptors (Lipinski definition) is 4. The Morgan fingerprint density at radius 1 is 1.33 bits per heavy atom. The summed E-state index contributed by atoms with van der Waals surface area (Å²) >= 11 is 0. The van der Waals surface area contributed by atoms with Gasteiger partial charge in [0.15, 0.2) is 12.1 Å². The molecule has 0 unspecified atom stereocenters. The number of nitrogens with one attached hydrogen (secondary N) is 1. The van der Waals surface area contributed by atoms with Crippen LogP contribution in [0.5, 0.6) is 0 Å². The minimum Gasteiger partial charge on any atom is -0.358 e. The van der Waals surface area contributed by atoms with Crippen LogP contribution in [0.1, 0.15) is 16.1 Å². The fourth-order valence-corrected chi connectivity index (χ4v) is 2.79. The Morgan fingerprint density at radius 2 is 2.05 bits per heavy atom. The Kier molecular flexibility index (Phi) is 4.05. The largest absolute Gasteiger partial charge is 0.358 e. The van der Waals surface area contributed by atoms with Crippen LogP contribution >= 0.6 is 0 Å². The van der Waals surface area contributed by atoms with E-state index in [-0.39, 0.29) is 12.1 Å². The summed E-state index contributed by atoms with van der Waals surface area (Å²) in [5.74, 6) is 0.116. The molecular formula is C16H20N2O3. The van der Waals surface area contributed by atoms with Gasteiger partial charge in [0.1, 0.15) is 0 Å². The standard InChI is InChI=1S/C16H20N2O3/c1-11-16(12-5-3-4-6-13(12)17-11)14(19)9-18(2)10-15-20-7-8-21-15/h3-6,15,17H,7-10H2,1-2H3. The van der Waals surface area contributed by atoms with Gasteiger partial charge in [0.25, 0.3) is 0 Å². The minimum atomic E-state index is -0.216. The van der Waals surface area contributed by atoms with Crippen molar-refractivity contribution in [1.82, 2.24) is 9.88 Å². The summed E-state index contributed by atoms with van der Waals surface area (Å²) in [6.07, 6.45) is -0.216. The molecule has 5 heteroatoms. The Morgan fingerprint density at radius 3 is 2.81 bits per heavy atom. The predicted octanol–water partition coefficient (Wildman–Crippen LogP) is 1.96. The monoisotopic (exact) mass is 288 g/mol. The molecule has 1 aliphatic heterocycles. The van der Waals surface area contributed by atoms with E-state index in [9.17, 15) is 4.79 Å². The van der Waals surface area contributed by atoms with Gasteiger partial charge in [-0.05, 0) is 20.0 Å². The van der Waals surface area contributed by atoms with Crippen LogP contribution in [-0.2, 0) is 9.47 Å². The van der Waals surface area contributed by atoms with Crippen molar-refractivity contribution in [3.8, 4) is 0 Å². The van der Waals surface area contributed by atoms with Gasteiger partial charge in [-0.2, -0.15) is 0 Å². The number of H-pyrrole nitrogens is 1. The van der Waals surface area contributed by atoms with Crippen molar-refractivity contribution in [2.75, 3.05) is 33.4 Å². The Labute approximate surface area is 123 Å². The second-order valence-corrected chi connectivity index (χ2v) is 5.46. The summed E-state index contributed by atoms with van der Waals surface area (Å²) in [4.78, 5) is 17.8. The van der Waals surface area contributed by atoms with Gasteiger partial charge in [-0.25, -0.2) is 0 Å². The first kappa shape index (κ1) is 14.3. The van der Waals surface area contributed by atoms with Crippen LogP contribution in [0.4, 0.5) is 0 Å². The first-order chi connectivity index (χ1) is 10.1. The molecule has 0 amide bonds. The molecule has 5 nitrogen and oxygen atoms in total. The Hall–Kier alpha value is -1.69. The smallest absolute Gasteiger partial charge is 0.179 e. The second kappa shape index (κ2) is 5.97. The number of aromatic nitrogens is 1. The highest BCUT2D eigenvalue weighted by Crippen LogP contribution is 2.22. The van der Waals surface area contributed by atoms with Crippen LogP contribution in [0.25, 0.3) is 10.9 Å². The molecule has 1 aromatic heterocycles. The van der Waals surface area contributed by atoms with E-state index >= 15 is 0 Å². The lowest BCUT2D eigenvalue weighted by Crippen LogP contribution is -2.34. The number of aryl methyl sites for hydroxylation is 1. The summed E-state index contributed by atoms with van der Waals surface area (Å²) in [5.41, 5.74) is 2.71. The second-order valence-electron chi connectivity index (χ2n) is 5.46. The molecule has 0 spiro atoms. The maximum atomic E-state index is 12.6. The third-order valence-corrected chi connectivity index (χ3v) is 3.74. The van der Waals surface area contributed by atoms with Gasteiger partial charge in [-0.1, -0.05) is 18.2 Å². The fraction of sp³-hybridized carbons (Fsp3) is 0.438. The molecular weight excluding hydrogens is 268 g/mol. The van der Waals surface area contributed by atoms with Crippen molar-refractivity contribution >= 4 is 16.7 Å². The first-order valence-corrected chi connectivity index (χ1v) is 7.17. The van der Waals surface area contributed by atoms with Gasteiger partial charge < -0.3 is 14.5 Å². The van der Waals surface area contributed by atoms with Gasteiger partial charge in [-0.3, -0.25) is 9.69 Å². The third-order valence-electron chi connectivity index (χ3n) is 3.74. The number of rotatable bonds is 5. The van der Waals surface area contributed by atoms with Gasteiger partial charge in [0.2, 0.25) is 0 Å². The molecule has 3 rings (SSSR count). The van der Waals surface area contributed by atoms with E-state index in [0.29, 0.717) is 26.3 Å². The van der Waals surface area contributed by atoms with Crippen molar-refractivity contribution in [3.63, 3.8) is 0 Å².